The van der Waals surface area contributed by atoms with E-state index in [0.717, 1.165) is 12.1 Å². The molecule has 0 radical (unpaired) electrons. The standard InChI is InChI=1S/C21H22O11/c22-7-13-15(25)17(27)19(29)21(32-13)30-10-3-1-8(2-4-10)20-18(28)16(26)14-11(24)5-9(23)6-12(14)31-20/h1-6,13,15,17-25,27-29H,7H2/t13-,15-,17+,18+,19-,20-,21-/m1/s1. The third kappa shape index (κ3) is 3.86. The van der Waals surface area contributed by atoms with Gasteiger partial charge >= 0.3 is 0 Å². The Bertz CT molecular complexity index is 990. The highest BCUT2D eigenvalue weighted by Crippen LogP contribution is 2.42. The van der Waals surface area contributed by atoms with Crippen LogP contribution in [-0.4, -0.2) is 84.9 Å². The van der Waals surface area contributed by atoms with Gasteiger partial charge in [0.15, 0.2) is 12.2 Å². The molecule has 11 heteroatoms. The van der Waals surface area contributed by atoms with Crippen LogP contribution in [0.5, 0.6) is 23.0 Å². The third-order valence-corrected chi connectivity index (χ3v) is 5.43. The number of aromatic hydroxyl groups is 2. The van der Waals surface area contributed by atoms with Gasteiger partial charge in [-0.15, -0.1) is 0 Å². The Kier molecular flexibility index (Phi) is 5.95. The number of carbonyl (C=O) groups is 1. The molecular weight excluding hydrogens is 428 g/mol. The van der Waals surface area contributed by atoms with Gasteiger partial charge < -0.3 is 50.0 Å². The quantitative estimate of drug-likeness (QED) is 0.301. The Balaban J connectivity index is 1.52. The maximum atomic E-state index is 12.5. The van der Waals surface area contributed by atoms with E-state index in [1.165, 1.54) is 24.3 Å². The van der Waals surface area contributed by atoms with Gasteiger partial charge in [0.2, 0.25) is 12.1 Å². The van der Waals surface area contributed by atoms with Gasteiger partial charge in [-0.05, 0) is 17.7 Å². The number of phenolic OH excluding ortho intramolecular Hbond substituents is 2. The maximum Gasteiger partial charge on any atom is 0.229 e. The first-order valence-corrected chi connectivity index (χ1v) is 9.73. The number of phenols is 2. The number of fused-ring (bicyclic) bond motifs is 1. The fraction of sp³-hybridized carbons (Fsp3) is 0.381. The van der Waals surface area contributed by atoms with E-state index in [1.807, 2.05) is 0 Å². The van der Waals surface area contributed by atoms with Crippen LogP contribution < -0.4 is 9.47 Å². The minimum atomic E-state index is -1.62. The number of benzene rings is 2. The lowest BCUT2D eigenvalue weighted by molar-refractivity contribution is -0.277. The summed E-state index contributed by atoms with van der Waals surface area (Å²) in [5, 5.41) is 68.9. The summed E-state index contributed by atoms with van der Waals surface area (Å²) in [5.41, 5.74) is 0.148. The van der Waals surface area contributed by atoms with Crippen LogP contribution in [0.4, 0.5) is 0 Å². The maximum absolute atomic E-state index is 12.5. The van der Waals surface area contributed by atoms with Crippen LogP contribution >= 0.6 is 0 Å². The molecule has 2 aromatic rings. The summed E-state index contributed by atoms with van der Waals surface area (Å²) < 4.78 is 16.4. The summed E-state index contributed by atoms with van der Waals surface area (Å²) in [7, 11) is 0. The molecule has 32 heavy (non-hydrogen) atoms. The second kappa shape index (κ2) is 8.54. The molecule has 2 aliphatic heterocycles. The van der Waals surface area contributed by atoms with Crippen molar-refractivity contribution in [2.24, 2.45) is 0 Å². The lowest BCUT2D eigenvalue weighted by Gasteiger charge is -2.39. The molecule has 1 fully saturated rings. The van der Waals surface area contributed by atoms with Crippen molar-refractivity contribution in [2.75, 3.05) is 6.61 Å². The van der Waals surface area contributed by atoms with E-state index >= 15 is 0 Å². The predicted molar refractivity (Wildman–Crippen MR) is 104 cm³/mol. The van der Waals surface area contributed by atoms with E-state index in [9.17, 15) is 40.5 Å². The molecule has 0 aromatic heterocycles. The molecule has 0 spiro atoms. The van der Waals surface area contributed by atoms with E-state index in [1.54, 1.807) is 0 Å². The number of hydrogen-bond donors (Lipinski definition) is 7. The van der Waals surface area contributed by atoms with Crippen molar-refractivity contribution in [1.82, 2.24) is 0 Å². The lowest BCUT2D eigenvalue weighted by Crippen LogP contribution is -2.60. The van der Waals surface area contributed by atoms with Gasteiger partial charge in [0.25, 0.3) is 0 Å². The molecule has 1 saturated heterocycles. The zero-order valence-electron chi connectivity index (χ0n) is 16.5. The Labute approximate surface area is 181 Å². The Hall–Kier alpha value is -2.93. The summed E-state index contributed by atoms with van der Waals surface area (Å²) in [6.07, 6.45) is -9.91. The zero-order chi connectivity index (χ0) is 23.2. The first-order valence-electron chi connectivity index (χ1n) is 9.73. The van der Waals surface area contributed by atoms with Crippen LogP contribution in [-0.2, 0) is 4.74 Å². The Morgan fingerprint density at radius 2 is 1.62 bits per heavy atom. The normalized spacial score (nSPS) is 32.2. The highest BCUT2D eigenvalue weighted by Gasteiger charge is 2.45. The number of carbonyl (C=O) groups excluding carboxylic acids is 1. The van der Waals surface area contributed by atoms with Crippen molar-refractivity contribution in [1.29, 1.82) is 0 Å². The average Bonchev–Trinajstić information content (AvgIpc) is 2.76. The number of hydrogen-bond acceptors (Lipinski definition) is 11. The molecule has 11 nitrogen and oxygen atoms in total. The monoisotopic (exact) mass is 450 g/mol. The van der Waals surface area contributed by atoms with Gasteiger partial charge in [-0.3, -0.25) is 4.79 Å². The molecule has 7 atom stereocenters. The van der Waals surface area contributed by atoms with Gasteiger partial charge in [0.05, 0.1) is 6.61 Å². The lowest BCUT2D eigenvalue weighted by atomic mass is 9.93. The minimum absolute atomic E-state index is 0.0792. The third-order valence-electron chi connectivity index (χ3n) is 5.43. The summed E-state index contributed by atoms with van der Waals surface area (Å²) in [6, 6.07) is 7.96. The number of aliphatic hydroxyl groups is 5. The van der Waals surface area contributed by atoms with Crippen molar-refractivity contribution < 1.29 is 54.8 Å². The molecular formula is C21H22O11. The highest BCUT2D eigenvalue weighted by molar-refractivity contribution is 6.05. The van der Waals surface area contributed by atoms with Crippen LogP contribution in [0.25, 0.3) is 0 Å². The number of ether oxygens (including phenoxy) is 3. The molecule has 172 valence electrons. The summed E-state index contributed by atoms with van der Waals surface area (Å²) in [5.74, 6) is -1.48. The van der Waals surface area contributed by atoms with Crippen molar-refractivity contribution in [3.05, 3.63) is 47.5 Å². The highest BCUT2D eigenvalue weighted by atomic mass is 16.7. The molecule has 2 aromatic carbocycles. The van der Waals surface area contributed by atoms with Crippen LogP contribution in [0.3, 0.4) is 0 Å². The summed E-state index contributed by atoms with van der Waals surface area (Å²) >= 11 is 0. The minimum Gasteiger partial charge on any atom is -0.508 e. The molecule has 4 rings (SSSR count). The van der Waals surface area contributed by atoms with E-state index in [2.05, 4.69) is 0 Å². The van der Waals surface area contributed by atoms with Crippen LogP contribution in [0.1, 0.15) is 22.0 Å². The first-order chi connectivity index (χ1) is 15.2. The van der Waals surface area contributed by atoms with Crippen molar-refractivity contribution >= 4 is 5.78 Å². The topological polar surface area (TPSA) is 186 Å². The van der Waals surface area contributed by atoms with E-state index in [-0.39, 0.29) is 22.8 Å². The van der Waals surface area contributed by atoms with E-state index < -0.39 is 61.1 Å². The van der Waals surface area contributed by atoms with Gasteiger partial charge in [0, 0.05) is 12.1 Å². The first kappa shape index (κ1) is 22.3. The number of rotatable bonds is 4. The number of ketones is 1. The van der Waals surface area contributed by atoms with Crippen molar-refractivity contribution in [2.45, 2.75) is 42.9 Å². The molecule has 0 saturated carbocycles. The SMILES string of the molecule is O=C1c2c(O)cc(O)cc2O[C@H](c2ccc(O[C@@H]3O[C@H](CO)[C@@H](O)[C@H](O)[C@H]3O)cc2)[C@H]1O. The van der Waals surface area contributed by atoms with Crippen LogP contribution in [0, 0.1) is 0 Å². The molecule has 2 heterocycles. The van der Waals surface area contributed by atoms with Crippen LogP contribution in [0.2, 0.25) is 0 Å². The van der Waals surface area contributed by atoms with E-state index in [4.69, 9.17) is 14.2 Å². The molecule has 0 aliphatic carbocycles. The smallest absolute Gasteiger partial charge is 0.229 e. The van der Waals surface area contributed by atoms with Gasteiger partial charge in [0.1, 0.15) is 53.0 Å². The Morgan fingerprint density at radius 1 is 0.938 bits per heavy atom. The fourth-order valence-electron chi connectivity index (χ4n) is 3.70. The largest absolute Gasteiger partial charge is 0.508 e. The second-order valence-corrected chi connectivity index (χ2v) is 7.57. The Morgan fingerprint density at radius 3 is 2.28 bits per heavy atom. The van der Waals surface area contributed by atoms with Gasteiger partial charge in [-0.25, -0.2) is 0 Å². The predicted octanol–water partition coefficient (Wildman–Crippen LogP) is -1.05. The molecule has 2 aliphatic rings. The molecule has 0 amide bonds. The van der Waals surface area contributed by atoms with Crippen molar-refractivity contribution in [3.8, 4) is 23.0 Å². The summed E-state index contributed by atoms with van der Waals surface area (Å²) in [6.45, 7) is -0.596. The fourth-order valence-corrected chi connectivity index (χ4v) is 3.70. The zero-order valence-corrected chi connectivity index (χ0v) is 16.5. The number of Topliss-reactive ketones (excluding diaryl/α,β-unsaturated/α-hetero) is 1. The van der Waals surface area contributed by atoms with Crippen LogP contribution in [0.15, 0.2) is 36.4 Å². The number of aliphatic hydroxyl groups excluding tert-OH is 5. The van der Waals surface area contributed by atoms with E-state index in [0.29, 0.717) is 5.56 Å². The molecule has 7 N–H and O–H groups in total. The average molecular weight is 450 g/mol. The molecule has 0 unspecified atom stereocenters. The van der Waals surface area contributed by atoms with Crippen molar-refractivity contribution in [3.63, 3.8) is 0 Å². The second-order valence-electron chi connectivity index (χ2n) is 7.57. The summed E-state index contributed by atoms with van der Waals surface area (Å²) in [4.78, 5) is 12.5. The van der Waals surface area contributed by atoms with Gasteiger partial charge in [-0.1, -0.05) is 12.1 Å². The molecule has 0 bridgehead atoms. The van der Waals surface area contributed by atoms with Gasteiger partial charge in [-0.2, -0.15) is 0 Å².